The Morgan fingerprint density at radius 1 is 1.42 bits per heavy atom. The Hall–Kier alpha value is -1.39. The molecule has 0 radical (unpaired) electrons. The molecule has 2 N–H and O–H groups in total. The van der Waals surface area contributed by atoms with Gasteiger partial charge in [0.05, 0.1) is 5.92 Å². The van der Waals surface area contributed by atoms with Crippen molar-refractivity contribution in [2.45, 2.75) is 19.4 Å². The minimum absolute atomic E-state index is 0.138. The van der Waals surface area contributed by atoms with Crippen LogP contribution in [-0.2, 0) is 17.8 Å². The Morgan fingerprint density at radius 3 is 3.11 bits per heavy atom. The van der Waals surface area contributed by atoms with Gasteiger partial charge >= 0.3 is 0 Å². The van der Waals surface area contributed by atoms with Crippen LogP contribution < -0.4 is 10.6 Å². The van der Waals surface area contributed by atoms with Crippen molar-refractivity contribution < 1.29 is 4.79 Å². The Balaban J connectivity index is 1.68. The van der Waals surface area contributed by atoms with E-state index in [0.29, 0.717) is 0 Å². The van der Waals surface area contributed by atoms with Gasteiger partial charge in [-0.1, -0.05) is 6.07 Å². The molecule has 19 heavy (non-hydrogen) atoms. The second kappa shape index (κ2) is 5.31. The Morgan fingerprint density at radius 2 is 2.32 bits per heavy atom. The Labute approximate surface area is 114 Å². The summed E-state index contributed by atoms with van der Waals surface area (Å²) in [4.78, 5) is 14.4. The zero-order valence-corrected chi connectivity index (χ0v) is 11.4. The van der Waals surface area contributed by atoms with Crippen molar-refractivity contribution in [3.63, 3.8) is 0 Å². The van der Waals surface area contributed by atoms with Gasteiger partial charge in [-0.25, -0.2) is 0 Å². The fraction of sp³-hybridized carbons (Fsp3) is 0.533. The highest BCUT2D eigenvalue weighted by Gasteiger charge is 2.26. The number of carbonyl (C=O) groups is 1. The highest BCUT2D eigenvalue weighted by molar-refractivity contribution is 5.93. The lowest BCUT2D eigenvalue weighted by atomic mass is 10.00. The minimum atomic E-state index is 0.138. The Bertz CT molecular complexity index is 486. The summed E-state index contributed by atoms with van der Waals surface area (Å²) < 4.78 is 0. The van der Waals surface area contributed by atoms with Gasteiger partial charge in [0.2, 0.25) is 5.91 Å². The van der Waals surface area contributed by atoms with Gasteiger partial charge < -0.3 is 15.5 Å². The number of benzene rings is 1. The molecule has 2 aliphatic heterocycles. The molecule has 3 rings (SSSR count). The molecule has 1 saturated heterocycles. The summed E-state index contributed by atoms with van der Waals surface area (Å²) in [6, 6.07) is 6.28. The van der Waals surface area contributed by atoms with Crippen molar-refractivity contribution in [2.75, 3.05) is 32.0 Å². The van der Waals surface area contributed by atoms with Crippen LogP contribution in [-0.4, -0.2) is 37.5 Å². The first-order chi connectivity index (χ1) is 9.22. The van der Waals surface area contributed by atoms with Gasteiger partial charge in [0.15, 0.2) is 0 Å². The van der Waals surface area contributed by atoms with E-state index < -0.39 is 0 Å². The van der Waals surface area contributed by atoms with Gasteiger partial charge in [0.25, 0.3) is 0 Å². The van der Waals surface area contributed by atoms with E-state index in [9.17, 15) is 4.79 Å². The third-order valence-electron chi connectivity index (χ3n) is 4.12. The lowest BCUT2D eigenvalue weighted by Gasteiger charge is -2.18. The molecular formula is C15H21N3O. The first-order valence-corrected chi connectivity index (χ1v) is 7.04. The summed E-state index contributed by atoms with van der Waals surface area (Å²) in [6.45, 7) is 3.85. The maximum Gasteiger partial charge on any atom is 0.228 e. The topological polar surface area (TPSA) is 44.4 Å². The van der Waals surface area contributed by atoms with E-state index in [1.807, 2.05) is 6.07 Å². The van der Waals surface area contributed by atoms with Crippen molar-refractivity contribution in [1.29, 1.82) is 0 Å². The molecule has 0 spiro atoms. The number of hydrogen-bond donors (Lipinski definition) is 2. The van der Waals surface area contributed by atoms with Crippen molar-refractivity contribution in [3.05, 3.63) is 29.3 Å². The lowest BCUT2D eigenvalue weighted by molar-refractivity contribution is -0.119. The number of fused-ring (bicyclic) bond motifs is 1. The van der Waals surface area contributed by atoms with Crippen LogP contribution in [0.4, 0.5) is 5.69 Å². The summed E-state index contributed by atoms with van der Waals surface area (Å²) in [5.74, 6) is 0.298. The summed E-state index contributed by atoms with van der Waals surface area (Å²) in [6.07, 6.45) is 2.05. The van der Waals surface area contributed by atoms with Crippen LogP contribution in [0, 0.1) is 5.92 Å². The van der Waals surface area contributed by atoms with Crippen LogP contribution in [0.2, 0.25) is 0 Å². The van der Waals surface area contributed by atoms with E-state index in [1.54, 1.807) is 0 Å². The van der Waals surface area contributed by atoms with Gasteiger partial charge in [-0.3, -0.25) is 4.79 Å². The molecule has 1 aromatic rings. The molecule has 1 aromatic carbocycles. The maximum atomic E-state index is 12.2. The van der Waals surface area contributed by atoms with Gasteiger partial charge in [-0.2, -0.15) is 0 Å². The van der Waals surface area contributed by atoms with Gasteiger partial charge in [0, 0.05) is 18.8 Å². The average molecular weight is 259 g/mol. The standard InChI is InChI=1S/C15H21N3O/c1-18-7-5-12(10-18)15(19)17-14-3-2-11-4-6-16-9-13(11)8-14/h2-3,8,12,16H,4-7,9-10H2,1H3,(H,17,19). The van der Waals surface area contributed by atoms with E-state index in [1.165, 1.54) is 11.1 Å². The summed E-state index contributed by atoms with van der Waals surface area (Å²) in [5.41, 5.74) is 3.65. The number of nitrogens with one attached hydrogen (secondary N) is 2. The van der Waals surface area contributed by atoms with Crippen molar-refractivity contribution >= 4 is 11.6 Å². The molecule has 0 aromatic heterocycles. The largest absolute Gasteiger partial charge is 0.326 e. The molecule has 2 aliphatic rings. The molecule has 1 unspecified atom stereocenters. The number of amides is 1. The molecule has 1 fully saturated rings. The van der Waals surface area contributed by atoms with Crippen molar-refractivity contribution in [2.24, 2.45) is 5.92 Å². The monoisotopic (exact) mass is 259 g/mol. The average Bonchev–Trinajstić information content (AvgIpc) is 2.85. The number of nitrogens with zero attached hydrogens (tertiary/aromatic N) is 1. The van der Waals surface area contributed by atoms with E-state index in [0.717, 1.165) is 44.7 Å². The molecule has 4 nitrogen and oxygen atoms in total. The fourth-order valence-electron chi connectivity index (χ4n) is 2.95. The second-order valence-corrected chi connectivity index (χ2v) is 5.65. The summed E-state index contributed by atoms with van der Waals surface area (Å²) >= 11 is 0. The second-order valence-electron chi connectivity index (χ2n) is 5.65. The van der Waals surface area contributed by atoms with Crippen LogP contribution in [0.15, 0.2) is 18.2 Å². The molecule has 1 amide bonds. The Kier molecular flexibility index (Phi) is 3.53. The lowest BCUT2D eigenvalue weighted by Crippen LogP contribution is -2.26. The predicted molar refractivity (Wildman–Crippen MR) is 76.1 cm³/mol. The third kappa shape index (κ3) is 2.80. The van der Waals surface area contributed by atoms with Crippen LogP contribution in [0.3, 0.4) is 0 Å². The van der Waals surface area contributed by atoms with Crippen LogP contribution in [0.25, 0.3) is 0 Å². The number of anilines is 1. The zero-order chi connectivity index (χ0) is 13.2. The molecule has 0 saturated carbocycles. The van der Waals surface area contributed by atoms with Gasteiger partial charge in [-0.15, -0.1) is 0 Å². The number of carbonyl (C=O) groups excluding carboxylic acids is 1. The van der Waals surface area contributed by atoms with Crippen molar-refractivity contribution in [3.8, 4) is 0 Å². The predicted octanol–water partition coefficient (Wildman–Crippen LogP) is 1.22. The summed E-state index contributed by atoms with van der Waals surface area (Å²) in [5, 5.41) is 6.42. The van der Waals surface area contributed by atoms with E-state index in [-0.39, 0.29) is 11.8 Å². The first kappa shape index (κ1) is 12.6. The highest BCUT2D eigenvalue weighted by atomic mass is 16.1. The van der Waals surface area contributed by atoms with E-state index in [2.05, 4.69) is 34.7 Å². The van der Waals surface area contributed by atoms with Gasteiger partial charge in [0.1, 0.15) is 0 Å². The van der Waals surface area contributed by atoms with Crippen LogP contribution in [0.5, 0.6) is 0 Å². The molecule has 2 heterocycles. The van der Waals surface area contributed by atoms with Crippen molar-refractivity contribution in [1.82, 2.24) is 10.2 Å². The molecule has 1 atom stereocenters. The number of likely N-dealkylation sites (tertiary alicyclic amines) is 1. The van der Waals surface area contributed by atoms with E-state index >= 15 is 0 Å². The quantitative estimate of drug-likeness (QED) is 0.839. The molecule has 4 heteroatoms. The van der Waals surface area contributed by atoms with Crippen LogP contribution in [0.1, 0.15) is 17.5 Å². The van der Waals surface area contributed by atoms with Crippen LogP contribution >= 0.6 is 0 Å². The zero-order valence-electron chi connectivity index (χ0n) is 11.4. The normalized spacial score (nSPS) is 23.1. The SMILES string of the molecule is CN1CCC(C(=O)Nc2ccc3c(c2)CNCC3)C1. The number of hydrogen-bond acceptors (Lipinski definition) is 3. The summed E-state index contributed by atoms with van der Waals surface area (Å²) in [7, 11) is 2.07. The first-order valence-electron chi connectivity index (χ1n) is 7.04. The molecular weight excluding hydrogens is 238 g/mol. The molecule has 0 bridgehead atoms. The van der Waals surface area contributed by atoms with E-state index in [4.69, 9.17) is 0 Å². The maximum absolute atomic E-state index is 12.2. The minimum Gasteiger partial charge on any atom is -0.326 e. The number of rotatable bonds is 2. The third-order valence-corrected chi connectivity index (χ3v) is 4.12. The van der Waals surface area contributed by atoms with Gasteiger partial charge in [-0.05, 0) is 56.2 Å². The smallest absolute Gasteiger partial charge is 0.228 e. The molecule has 0 aliphatic carbocycles. The fourth-order valence-corrected chi connectivity index (χ4v) is 2.95. The highest BCUT2D eigenvalue weighted by Crippen LogP contribution is 2.21. The molecule has 102 valence electrons.